The summed E-state index contributed by atoms with van der Waals surface area (Å²) in [6.07, 6.45) is 2.87. The van der Waals surface area contributed by atoms with E-state index in [4.69, 9.17) is 14.7 Å². The number of aryl methyl sites for hydroxylation is 1. The molecule has 0 fully saturated rings. The lowest BCUT2D eigenvalue weighted by molar-refractivity contribution is -0.141. The lowest BCUT2D eigenvalue weighted by Gasteiger charge is -2.22. The van der Waals surface area contributed by atoms with Crippen molar-refractivity contribution >= 4 is 23.4 Å². The largest absolute Gasteiger partial charge is 0.492 e. The van der Waals surface area contributed by atoms with Crippen LogP contribution in [-0.2, 0) is 16.0 Å². The van der Waals surface area contributed by atoms with Crippen molar-refractivity contribution in [2.45, 2.75) is 19.4 Å². The van der Waals surface area contributed by atoms with Crippen molar-refractivity contribution < 1.29 is 14.3 Å². The van der Waals surface area contributed by atoms with Crippen molar-refractivity contribution in [3.8, 4) is 11.8 Å². The molecule has 5 nitrogen and oxygen atoms in total. The molecule has 0 radical (unpaired) electrons. The third-order valence-corrected chi connectivity index (χ3v) is 4.68. The zero-order valence-electron chi connectivity index (χ0n) is 15.8. The van der Waals surface area contributed by atoms with E-state index in [1.165, 1.54) is 7.11 Å². The number of carbonyl (C=O) groups excluding carboxylic acids is 1. The predicted octanol–water partition coefficient (Wildman–Crippen LogP) is 4.19. The molecule has 0 aliphatic heterocycles. The molecule has 1 N–H and O–H groups in total. The van der Waals surface area contributed by atoms with Crippen LogP contribution in [0.25, 0.3) is 0 Å². The molecule has 0 aromatic heterocycles. The van der Waals surface area contributed by atoms with Crippen LogP contribution in [0.15, 0.2) is 42.5 Å². The molecule has 0 bridgehead atoms. The maximum absolute atomic E-state index is 12.5. The molecule has 0 spiro atoms. The number of ether oxygens (including phenoxy) is 2. The van der Waals surface area contributed by atoms with Gasteiger partial charge in [0.15, 0.2) is 6.04 Å². The van der Waals surface area contributed by atoms with Gasteiger partial charge in [-0.15, -0.1) is 0 Å². The first kappa shape index (κ1) is 20.7. The molecule has 0 aliphatic carbocycles. The monoisotopic (exact) mass is 384 g/mol. The average Bonchev–Trinajstić information content (AvgIpc) is 2.72. The fourth-order valence-corrected chi connectivity index (χ4v) is 2.85. The molecular formula is C21H24N2O3S. The third kappa shape index (κ3) is 5.66. The fraction of sp³-hybridized carbons (Fsp3) is 0.333. The highest BCUT2D eigenvalue weighted by Gasteiger charge is 2.25. The van der Waals surface area contributed by atoms with E-state index in [1.54, 1.807) is 36.0 Å². The van der Waals surface area contributed by atoms with Crippen molar-refractivity contribution in [2.75, 3.05) is 31.0 Å². The average molecular weight is 385 g/mol. The Kier molecular flexibility index (Phi) is 8.02. The Morgan fingerprint density at radius 1 is 1.26 bits per heavy atom. The minimum absolute atomic E-state index is 0.401. The first-order valence-electron chi connectivity index (χ1n) is 8.72. The summed E-state index contributed by atoms with van der Waals surface area (Å²) in [4.78, 5) is 12.5. The number of methoxy groups -OCH3 is 1. The Morgan fingerprint density at radius 3 is 2.59 bits per heavy atom. The van der Waals surface area contributed by atoms with Gasteiger partial charge in [0.2, 0.25) is 0 Å². The molecule has 1 atom stereocenters. The Labute approximate surface area is 164 Å². The Hall–Kier alpha value is -2.65. The van der Waals surface area contributed by atoms with Gasteiger partial charge in [0.05, 0.1) is 25.3 Å². The Morgan fingerprint density at radius 2 is 2.00 bits per heavy atom. The maximum Gasteiger partial charge on any atom is 0.333 e. The highest BCUT2D eigenvalue weighted by molar-refractivity contribution is 7.98. The molecule has 2 rings (SSSR count). The van der Waals surface area contributed by atoms with Crippen molar-refractivity contribution in [2.24, 2.45) is 0 Å². The number of hydrogen-bond donors (Lipinski definition) is 1. The SMILES string of the molecule is CCc1ccc(OCCSC)c(C(Nc2ccc(C#N)cc2)C(=O)OC)c1. The van der Waals surface area contributed by atoms with E-state index < -0.39 is 12.0 Å². The second-order valence-corrected chi connectivity index (χ2v) is 6.84. The zero-order chi connectivity index (χ0) is 19.6. The summed E-state index contributed by atoms with van der Waals surface area (Å²) >= 11 is 1.70. The summed E-state index contributed by atoms with van der Waals surface area (Å²) in [5.41, 5.74) is 3.13. The number of rotatable bonds is 9. The van der Waals surface area contributed by atoms with Gasteiger partial charge in [-0.2, -0.15) is 17.0 Å². The van der Waals surface area contributed by atoms with Crippen LogP contribution in [0, 0.1) is 11.3 Å². The lowest BCUT2D eigenvalue weighted by atomic mass is 10.0. The zero-order valence-corrected chi connectivity index (χ0v) is 16.6. The Bertz CT molecular complexity index is 800. The quantitative estimate of drug-likeness (QED) is 0.516. The van der Waals surface area contributed by atoms with Crippen molar-refractivity contribution in [3.63, 3.8) is 0 Å². The van der Waals surface area contributed by atoms with E-state index in [0.29, 0.717) is 17.9 Å². The van der Waals surface area contributed by atoms with Gasteiger partial charge in [-0.05, 0) is 54.6 Å². The van der Waals surface area contributed by atoms with E-state index in [2.05, 4.69) is 18.3 Å². The number of nitrogens with zero attached hydrogens (tertiary/aromatic N) is 1. The van der Waals surface area contributed by atoms with Gasteiger partial charge in [0.1, 0.15) is 5.75 Å². The second-order valence-electron chi connectivity index (χ2n) is 5.86. The standard InChI is InChI=1S/C21H24N2O3S/c1-4-15-7-10-19(26-11-12-27-3)18(13-15)20(21(24)25-2)23-17-8-5-16(14-22)6-9-17/h5-10,13,20,23H,4,11-12H2,1-3H3. The molecule has 27 heavy (non-hydrogen) atoms. The molecule has 0 heterocycles. The second kappa shape index (κ2) is 10.5. The molecular weight excluding hydrogens is 360 g/mol. The van der Waals surface area contributed by atoms with Crippen LogP contribution < -0.4 is 10.1 Å². The molecule has 0 amide bonds. The minimum Gasteiger partial charge on any atom is -0.492 e. The molecule has 2 aromatic carbocycles. The number of anilines is 1. The number of esters is 1. The summed E-state index contributed by atoms with van der Waals surface area (Å²) in [5, 5.41) is 12.2. The van der Waals surface area contributed by atoms with Crippen molar-refractivity contribution in [3.05, 3.63) is 59.2 Å². The van der Waals surface area contributed by atoms with Crippen LogP contribution in [0.1, 0.15) is 29.7 Å². The van der Waals surface area contributed by atoms with E-state index >= 15 is 0 Å². The van der Waals surface area contributed by atoms with Crippen LogP contribution in [-0.4, -0.2) is 31.7 Å². The molecule has 2 aromatic rings. The lowest BCUT2D eigenvalue weighted by Crippen LogP contribution is -2.23. The normalized spacial score (nSPS) is 11.3. The number of carbonyl (C=O) groups is 1. The van der Waals surface area contributed by atoms with Gasteiger partial charge >= 0.3 is 5.97 Å². The minimum atomic E-state index is -0.710. The smallest absolute Gasteiger partial charge is 0.333 e. The number of nitriles is 1. The number of hydrogen-bond acceptors (Lipinski definition) is 6. The van der Waals surface area contributed by atoms with Gasteiger partial charge in [0, 0.05) is 17.0 Å². The van der Waals surface area contributed by atoms with E-state index in [-0.39, 0.29) is 0 Å². The van der Waals surface area contributed by atoms with Gasteiger partial charge in [-0.3, -0.25) is 0 Å². The van der Waals surface area contributed by atoms with Crippen LogP contribution in [0.2, 0.25) is 0 Å². The van der Waals surface area contributed by atoms with Gasteiger partial charge < -0.3 is 14.8 Å². The van der Waals surface area contributed by atoms with E-state index in [0.717, 1.165) is 29.0 Å². The highest BCUT2D eigenvalue weighted by atomic mass is 32.2. The number of benzene rings is 2. The number of nitrogens with one attached hydrogen (secondary N) is 1. The highest BCUT2D eigenvalue weighted by Crippen LogP contribution is 2.31. The summed E-state index contributed by atoms with van der Waals surface area (Å²) in [6, 6.07) is 14.2. The summed E-state index contributed by atoms with van der Waals surface area (Å²) in [6.45, 7) is 2.62. The predicted molar refractivity (Wildman–Crippen MR) is 109 cm³/mol. The van der Waals surface area contributed by atoms with Crippen LogP contribution in [0.3, 0.4) is 0 Å². The van der Waals surface area contributed by atoms with Gasteiger partial charge in [0.25, 0.3) is 0 Å². The summed E-state index contributed by atoms with van der Waals surface area (Å²) in [5.74, 6) is 1.13. The van der Waals surface area contributed by atoms with Crippen molar-refractivity contribution in [1.29, 1.82) is 5.26 Å². The van der Waals surface area contributed by atoms with E-state index in [9.17, 15) is 4.79 Å². The van der Waals surface area contributed by atoms with Crippen LogP contribution in [0.4, 0.5) is 5.69 Å². The molecule has 6 heteroatoms. The molecule has 142 valence electrons. The van der Waals surface area contributed by atoms with Gasteiger partial charge in [-0.25, -0.2) is 4.79 Å². The van der Waals surface area contributed by atoms with Gasteiger partial charge in [-0.1, -0.05) is 13.0 Å². The Balaban J connectivity index is 2.38. The topological polar surface area (TPSA) is 71.3 Å². The molecule has 0 saturated carbocycles. The first-order chi connectivity index (χ1) is 13.1. The van der Waals surface area contributed by atoms with Crippen molar-refractivity contribution in [1.82, 2.24) is 0 Å². The van der Waals surface area contributed by atoms with Crippen LogP contribution in [0.5, 0.6) is 5.75 Å². The molecule has 0 aliphatic rings. The molecule has 1 unspecified atom stereocenters. The summed E-state index contributed by atoms with van der Waals surface area (Å²) < 4.78 is 10.9. The maximum atomic E-state index is 12.5. The first-order valence-corrected chi connectivity index (χ1v) is 10.1. The molecule has 0 saturated heterocycles. The summed E-state index contributed by atoms with van der Waals surface area (Å²) in [7, 11) is 1.37. The third-order valence-electron chi connectivity index (χ3n) is 4.10. The fourth-order valence-electron chi connectivity index (χ4n) is 2.60. The van der Waals surface area contributed by atoms with Crippen LogP contribution >= 0.6 is 11.8 Å². The van der Waals surface area contributed by atoms with E-state index in [1.807, 2.05) is 24.5 Å². The number of thioether (sulfide) groups is 1.